The van der Waals surface area contributed by atoms with E-state index in [1.165, 1.54) is 12.1 Å². The Balaban J connectivity index is 2.10. The summed E-state index contributed by atoms with van der Waals surface area (Å²) in [5, 5.41) is 3.08. The van der Waals surface area contributed by atoms with Gasteiger partial charge in [0.2, 0.25) is 0 Å². The molecule has 1 rings (SSSR count). The fraction of sp³-hybridized carbons (Fsp3) is 0.462. The van der Waals surface area contributed by atoms with E-state index in [1.807, 2.05) is 13.0 Å². The van der Waals surface area contributed by atoms with Gasteiger partial charge in [0.1, 0.15) is 12.4 Å². The van der Waals surface area contributed by atoms with Crippen molar-refractivity contribution in [3.8, 4) is 0 Å². The van der Waals surface area contributed by atoms with E-state index in [-0.39, 0.29) is 11.8 Å². The van der Waals surface area contributed by atoms with Crippen LogP contribution in [-0.4, -0.2) is 19.1 Å². The number of esters is 1. The van der Waals surface area contributed by atoms with Gasteiger partial charge in [0, 0.05) is 19.5 Å². The van der Waals surface area contributed by atoms with Crippen molar-refractivity contribution in [1.29, 1.82) is 0 Å². The maximum Gasteiger partial charge on any atom is 0.305 e. The minimum atomic E-state index is -0.237. The highest BCUT2D eigenvalue weighted by molar-refractivity contribution is 5.69. The molecule has 3 nitrogen and oxygen atoms in total. The lowest BCUT2D eigenvalue weighted by molar-refractivity contribution is -0.143. The van der Waals surface area contributed by atoms with Crippen LogP contribution in [0.1, 0.15) is 25.3 Å². The van der Waals surface area contributed by atoms with Gasteiger partial charge in [0.05, 0.1) is 0 Å². The molecule has 0 unspecified atom stereocenters. The van der Waals surface area contributed by atoms with Crippen LogP contribution >= 0.6 is 0 Å². The molecule has 1 N–H and O–H groups in total. The van der Waals surface area contributed by atoms with Crippen LogP contribution < -0.4 is 5.32 Å². The minimum absolute atomic E-state index is 0.167. The van der Waals surface area contributed by atoms with Crippen LogP contribution in [-0.2, 0) is 16.1 Å². The molecule has 0 aliphatic heterocycles. The zero-order valence-corrected chi connectivity index (χ0v) is 10.0. The van der Waals surface area contributed by atoms with Gasteiger partial charge >= 0.3 is 5.97 Å². The quantitative estimate of drug-likeness (QED) is 0.586. The zero-order chi connectivity index (χ0) is 12.5. The van der Waals surface area contributed by atoms with Gasteiger partial charge in [-0.25, -0.2) is 4.39 Å². The third-order valence-corrected chi connectivity index (χ3v) is 2.21. The Morgan fingerprint density at radius 1 is 1.47 bits per heavy atom. The van der Waals surface area contributed by atoms with Crippen molar-refractivity contribution < 1.29 is 13.9 Å². The summed E-state index contributed by atoms with van der Waals surface area (Å²) in [6.07, 6.45) is 1.26. The monoisotopic (exact) mass is 239 g/mol. The predicted molar refractivity (Wildman–Crippen MR) is 64.0 cm³/mol. The SMILES string of the molecule is CCCC(=O)OCCNCc1cccc(F)c1. The highest BCUT2D eigenvalue weighted by Gasteiger charge is 1.99. The van der Waals surface area contributed by atoms with E-state index >= 15 is 0 Å². The maximum absolute atomic E-state index is 12.8. The Hall–Kier alpha value is -1.42. The van der Waals surface area contributed by atoms with Gasteiger partial charge in [0.15, 0.2) is 0 Å². The molecule has 0 atom stereocenters. The maximum atomic E-state index is 12.8. The first kappa shape index (κ1) is 13.6. The first-order valence-corrected chi connectivity index (χ1v) is 5.83. The average Bonchev–Trinajstić information content (AvgIpc) is 2.29. The van der Waals surface area contributed by atoms with Gasteiger partial charge in [0.25, 0.3) is 0 Å². The van der Waals surface area contributed by atoms with Crippen LogP contribution in [0.3, 0.4) is 0 Å². The van der Waals surface area contributed by atoms with Crippen LogP contribution in [0.25, 0.3) is 0 Å². The van der Waals surface area contributed by atoms with E-state index in [9.17, 15) is 9.18 Å². The second kappa shape index (κ2) is 7.79. The Morgan fingerprint density at radius 2 is 2.29 bits per heavy atom. The van der Waals surface area contributed by atoms with E-state index in [1.54, 1.807) is 6.07 Å². The summed E-state index contributed by atoms with van der Waals surface area (Å²) in [5.41, 5.74) is 0.880. The molecule has 0 saturated carbocycles. The molecular formula is C13H18FNO2. The van der Waals surface area contributed by atoms with Crippen LogP contribution in [0.15, 0.2) is 24.3 Å². The fourth-order valence-electron chi connectivity index (χ4n) is 1.39. The first-order chi connectivity index (χ1) is 8.22. The Morgan fingerprint density at radius 3 is 3.00 bits per heavy atom. The average molecular weight is 239 g/mol. The van der Waals surface area contributed by atoms with E-state index in [0.29, 0.717) is 26.1 Å². The summed E-state index contributed by atoms with van der Waals surface area (Å²) in [4.78, 5) is 11.0. The number of benzene rings is 1. The number of ether oxygens (including phenoxy) is 1. The van der Waals surface area contributed by atoms with Crippen LogP contribution in [0.4, 0.5) is 4.39 Å². The lowest BCUT2D eigenvalue weighted by Gasteiger charge is -2.06. The summed E-state index contributed by atoms with van der Waals surface area (Å²) in [6, 6.07) is 6.42. The molecule has 4 heteroatoms. The topological polar surface area (TPSA) is 38.3 Å². The molecule has 0 heterocycles. The number of carbonyl (C=O) groups is 1. The normalized spacial score (nSPS) is 10.2. The third-order valence-electron chi connectivity index (χ3n) is 2.21. The van der Waals surface area contributed by atoms with E-state index in [0.717, 1.165) is 12.0 Å². The molecule has 1 aromatic rings. The van der Waals surface area contributed by atoms with Gasteiger partial charge in [-0.15, -0.1) is 0 Å². The summed E-state index contributed by atoms with van der Waals surface area (Å²) in [5.74, 6) is -0.404. The third kappa shape index (κ3) is 6.02. The van der Waals surface area contributed by atoms with Gasteiger partial charge in [-0.1, -0.05) is 19.1 Å². The fourth-order valence-corrected chi connectivity index (χ4v) is 1.39. The van der Waals surface area contributed by atoms with Crippen molar-refractivity contribution in [2.45, 2.75) is 26.3 Å². The number of hydrogen-bond donors (Lipinski definition) is 1. The Kier molecular flexibility index (Phi) is 6.25. The molecule has 0 spiro atoms. The van der Waals surface area contributed by atoms with Gasteiger partial charge in [-0.3, -0.25) is 4.79 Å². The molecule has 94 valence electrons. The lowest BCUT2D eigenvalue weighted by Crippen LogP contribution is -2.21. The van der Waals surface area contributed by atoms with Crippen LogP contribution in [0.5, 0.6) is 0 Å². The van der Waals surface area contributed by atoms with E-state index < -0.39 is 0 Å². The minimum Gasteiger partial charge on any atom is -0.464 e. The first-order valence-electron chi connectivity index (χ1n) is 5.83. The molecule has 0 aliphatic carbocycles. The Bertz CT molecular complexity index is 355. The smallest absolute Gasteiger partial charge is 0.305 e. The number of carbonyl (C=O) groups excluding carboxylic acids is 1. The molecule has 1 aromatic carbocycles. The molecule has 0 aromatic heterocycles. The largest absolute Gasteiger partial charge is 0.464 e. The number of nitrogens with one attached hydrogen (secondary N) is 1. The molecule has 0 amide bonds. The molecule has 0 saturated heterocycles. The number of halogens is 1. The lowest BCUT2D eigenvalue weighted by atomic mass is 10.2. The second-order valence-corrected chi connectivity index (χ2v) is 3.78. The molecular weight excluding hydrogens is 221 g/mol. The molecule has 0 aliphatic rings. The highest BCUT2D eigenvalue weighted by atomic mass is 19.1. The van der Waals surface area contributed by atoms with E-state index in [2.05, 4.69) is 5.32 Å². The van der Waals surface area contributed by atoms with Gasteiger partial charge in [-0.2, -0.15) is 0 Å². The zero-order valence-electron chi connectivity index (χ0n) is 10.0. The molecule has 0 radical (unpaired) electrons. The van der Waals surface area contributed by atoms with Crippen LogP contribution in [0.2, 0.25) is 0 Å². The Labute approximate surface area is 101 Å². The molecule has 0 bridgehead atoms. The second-order valence-electron chi connectivity index (χ2n) is 3.78. The van der Waals surface area contributed by atoms with E-state index in [4.69, 9.17) is 4.74 Å². The predicted octanol–water partition coefficient (Wildman–Crippen LogP) is 2.26. The summed E-state index contributed by atoms with van der Waals surface area (Å²) >= 11 is 0. The number of rotatable bonds is 7. The van der Waals surface area contributed by atoms with Crippen molar-refractivity contribution in [1.82, 2.24) is 5.32 Å². The molecule has 0 fully saturated rings. The van der Waals surface area contributed by atoms with Crippen molar-refractivity contribution in [3.63, 3.8) is 0 Å². The highest BCUT2D eigenvalue weighted by Crippen LogP contribution is 2.02. The van der Waals surface area contributed by atoms with Crippen molar-refractivity contribution in [3.05, 3.63) is 35.6 Å². The standard InChI is InChI=1S/C13H18FNO2/c1-2-4-13(16)17-8-7-15-10-11-5-3-6-12(14)9-11/h3,5-6,9,15H,2,4,7-8,10H2,1H3. The summed E-state index contributed by atoms with van der Waals surface area (Å²) < 4.78 is 17.8. The van der Waals surface area contributed by atoms with Crippen molar-refractivity contribution >= 4 is 5.97 Å². The molecule has 17 heavy (non-hydrogen) atoms. The van der Waals surface area contributed by atoms with Crippen LogP contribution in [0, 0.1) is 5.82 Å². The summed E-state index contributed by atoms with van der Waals surface area (Å²) in [7, 11) is 0. The number of hydrogen-bond acceptors (Lipinski definition) is 3. The van der Waals surface area contributed by atoms with Gasteiger partial charge in [-0.05, 0) is 24.1 Å². The summed E-state index contributed by atoms with van der Waals surface area (Å²) in [6.45, 7) is 3.44. The van der Waals surface area contributed by atoms with Gasteiger partial charge < -0.3 is 10.1 Å². The van der Waals surface area contributed by atoms with Crippen molar-refractivity contribution in [2.24, 2.45) is 0 Å². The van der Waals surface area contributed by atoms with Crippen molar-refractivity contribution in [2.75, 3.05) is 13.2 Å².